The highest BCUT2D eigenvalue weighted by molar-refractivity contribution is 9.10. The van der Waals surface area contributed by atoms with Gasteiger partial charge in [0, 0.05) is 33.2 Å². The molecule has 2 aromatic rings. The van der Waals surface area contributed by atoms with Crippen molar-refractivity contribution in [3.63, 3.8) is 0 Å². The molecule has 0 radical (unpaired) electrons. The minimum Gasteiger partial charge on any atom is -0.358 e. The Morgan fingerprint density at radius 3 is 2.50 bits per heavy atom. The van der Waals surface area contributed by atoms with Gasteiger partial charge in [0.2, 0.25) is 0 Å². The zero-order valence-electron chi connectivity index (χ0n) is 11.7. The van der Waals surface area contributed by atoms with Gasteiger partial charge in [-0.2, -0.15) is 0 Å². The van der Waals surface area contributed by atoms with E-state index in [1.54, 1.807) is 0 Å². The number of aromatic amines is 1. The Kier molecular flexibility index (Phi) is 3.56. The molecule has 0 aliphatic heterocycles. The molecular formula is C15H21BrN2. The number of fused-ring (bicyclic) bond motifs is 1. The molecule has 2 rings (SSSR count). The maximum absolute atomic E-state index is 3.58. The van der Waals surface area contributed by atoms with Crippen molar-refractivity contribution in [2.24, 2.45) is 0 Å². The van der Waals surface area contributed by atoms with Crippen LogP contribution in [-0.4, -0.2) is 10.5 Å². The zero-order valence-corrected chi connectivity index (χ0v) is 13.3. The van der Waals surface area contributed by atoms with E-state index in [-0.39, 0.29) is 5.54 Å². The van der Waals surface area contributed by atoms with Gasteiger partial charge in [0.25, 0.3) is 0 Å². The van der Waals surface area contributed by atoms with E-state index in [1.807, 2.05) is 0 Å². The van der Waals surface area contributed by atoms with Crippen molar-refractivity contribution in [3.05, 3.63) is 33.4 Å². The minimum absolute atomic E-state index is 0.136. The lowest BCUT2D eigenvalue weighted by molar-refractivity contribution is 0.424. The molecule has 0 amide bonds. The molecule has 2 nitrogen and oxygen atoms in total. The van der Waals surface area contributed by atoms with Crippen LogP contribution >= 0.6 is 15.9 Å². The SMILES string of the molecule is Cc1[nH]c2c(C)cc(Br)cc2c1CNC(C)(C)C. The zero-order chi connectivity index (χ0) is 13.5. The van der Waals surface area contributed by atoms with Crippen LogP contribution in [0.2, 0.25) is 0 Å². The highest BCUT2D eigenvalue weighted by Crippen LogP contribution is 2.28. The van der Waals surface area contributed by atoms with Gasteiger partial charge in [0.1, 0.15) is 0 Å². The van der Waals surface area contributed by atoms with Crippen molar-refractivity contribution < 1.29 is 0 Å². The topological polar surface area (TPSA) is 27.8 Å². The summed E-state index contributed by atoms with van der Waals surface area (Å²) in [7, 11) is 0. The fraction of sp³-hybridized carbons (Fsp3) is 0.467. The summed E-state index contributed by atoms with van der Waals surface area (Å²) in [6, 6.07) is 4.35. The molecule has 18 heavy (non-hydrogen) atoms. The molecule has 0 saturated carbocycles. The third-order valence-corrected chi connectivity index (χ3v) is 3.64. The van der Waals surface area contributed by atoms with E-state index in [1.165, 1.54) is 27.7 Å². The molecule has 0 aliphatic carbocycles. The maximum Gasteiger partial charge on any atom is 0.0489 e. The summed E-state index contributed by atoms with van der Waals surface area (Å²) in [5, 5.41) is 4.88. The van der Waals surface area contributed by atoms with Gasteiger partial charge in [-0.15, -0.1) is 0 Å². The Labute approximate surface area is 117 Å². The van der Waals surface area contributed by atoms with Gasteiger partial charge in [0.15, 0.2) is 0 Å². The first-order valence-electron chi connectivity index (χ1n) is 6.30. The van der Waals surface area contributed by atoms with Gasteiger partial charge in [-0.05, 0) is 57.9 Å². The van der Waals surface area contributed by atoms with Gasteiger partial charge >= 0.3 is 0 Å². The summed E-state index contributed by atoms with van der Waals surface area (Å²) >= 11 is 3.58. The van der Waals surface area contributed by atoms with Crippen molar-refractivity contribution in [3.8, 4) is 0 Å². The lowest BCUT2D eigenvalue weighted by atomic mass is 10.1. The lowest BCUT2D eigenvalue weighted by Gasteiger charge is -2.20. The fourth-order valence-electron chi connectivity index (χ4n) is 2.19. The Morgan fingerprint density at radius 1 is 1.22 bits per heavy atom. The first-order valence-corrected chi connectivity index (χ1v) is 7.09. The molecule has 0 aliphatic rings. The second kappa shape index (κ2) is 4.71. The average molecular weight is 309 g/mol. The molecular weight excluding hydrogens is 288 g/mol. The molecule has 2 N–H and O–H groups in total. The molecule has 0 atom stereocenters. The largest absolute Gasteiger partial charge is 0.358 e. The lowest BCUT2D eigenvalue weighted by Crippen LogP contribution is -2.35. The Bertz CT molecular complexity index is 576. The van der Waals surface area contributed by atoms with E-state index in [2.05, 4.69) is 73.0 Å². The number of rotatable bonds is 2. The molecule has 0 saturated heterocycles. The molecule has 3 heteroatoms. The van der Waals surface area contributed by atoms with Crippen LogP contribution in [0, 0.1) is 13.8 Å². The number of hydrogen-bond donors (Lipinski definition) is 2. The molecule has 0 bridgehead atoms. The molecule has 0 spiro atoms. The predicted octanol–water partition coefficient (Wildman–Crippen LogP) is 4.44. The second-order valence-corrected chi connectivity index (χ2v) is 6.89. The van der Waals surface area contributed by atoms with Crippen molar-refractivity contribution in [1.82, 2.24) is 10.3 Å². The Morgan fingerprint density at radius 2 is 1.89 bits per heavy atom. The van der Waals surface area contributed by atoms with E-state index < -0.39 is 0 Å². The fourth-order valence-corrected chi connectivity index (χ4v) is 2.77. The standard InChI is InChI=1S/C15H21BrN2/c1-9-6-11(16)7-12-13(8-17-15(3,4)5)10(2)18-14(9)12/h6-7,17-18H,8H2,1-5H3. The van der Waals surface area contributed by atoms with Crippen molar-refractivity contribution in [1.29, 1.82) is 0 Å². The van der Waals surface area contributed by atoms with Gasteiger partial charge in [-0.1, -0.05) is 15.9 Å². The number of halogens is 1. The van der Waals surface area contributed by atoms with E-state index in [0.717, 1.165) is 11.0 Å². The van der Waals surface area contributed by atoms with Gasteiger partial charge in [-0.3, -0.25) is 0 Å². The predicted molar refractivity (Wildman–Crippen MR) is 82.1 cm³/mol. The first kappa shape index (κ1) is 13.6. The minimum atomic E-state index is 0.136. The molecule has 1 aromatic heterocycles. The van der Waals surface area contributed by atoms with Gasteiger partial charge in [0.05, 0.1) is 0 Å². The van der Waals surface area contributed by atoms with Gasteiger partial charge in [-0.25, -0.2) is 0 Å². The van der Waals surface area contributed by atoms with Crippen molar-refractivity contribution >= 4 is 26.8 Å². The van der Waals surface area contributed by atoms with Crippen molar-refractivity contribution in [2.45, 2.75) is 46.7 Å². The number of aromatic nitrogens is 1. The smallest absolute Gasteiger partial charge is 0.0489 e. The summed E-state index contributed by atoms with van der Waals surface area (Å²) in [6.45, 7) is 11.8. The van der Waals surface area contributed by atoms with Gasteiger partial charge < -0.3 is 10.3 Å². The molecule has 0 fully saturated rings. The van der Waals surface area contributed by atoms with Crippen molar-refractivity contribution in [2.75, 3.05) is 0 Å². The van der Waals surface area contributed by atoms with Crippen LogP contribution in [0.25, 0.3) is 10.9 Å². The third kappa shape index (κ3) is 2.78. The highest BCUT2D eigenvalue weighted by Gasteiger charge is 2.14. The van der Waals surface area contributed by atoms with E-state index in [4.69, 9.17) is 0 Å². The van der Waals surface area contributed by atoms with Crippen LogP contribution in [0.1, 0.15) is 37.6 Å². The number of nitrogens with one attached hydrogen (secondary N) is 2. The van der Waals surface area contributed by atoms with Crippen LogP contribution in [-0.2, 0) is 6.54 Å². The second-order valence-electron chi connectivity index (χ2n) is 5.98. The number of H-pyrrole nitrogens is 1. The highest BCUT2D eigenvalue weighted by atomic mass is 79.9. The number of aryl methyl sites for hydroxylation is 2. The van der Waals surface area contributed by atoms with E-state index >= 15 is 0 Å². The van der Waals surface area contributed by atoms with E-state index in [0.29, 0.717) is 0 Å². The molecule has 1 heterocycles. The number of hydrogen-bond acceptors (Lipinski definition) is 1. The summed E-state index contributed by atoms with van der Waals surface area (Å²) < 4.78 is 1.14. The summed E-state index contributed by atoms with van der Waals surface area (Å²) in [5.74, 6) is 0. The molecule has 1 aromatic carbocycles. The quantitative estimate of drug-likeness (QED) is 0.843. The first-order chi connectivity index (χ1) is 8.28. The summed E-state index contributed by atoms with van der Waals surface area (Å²) in [6.07, 6.45) is 0. The molecule has 98 valence electrons. The van der Waals surface area contributed by atoms with E-state index in [9.17, 15) is 0 Å². The Hall–Kier alpha value is -0.800. The van der Waals surface area contributed by atoms with Crippen LogP contribution < -0.4 is 5.32 Å². The third-order valence-electron chi connectivity index (χ3n) is 3.19. The number of benzene rings is 1. The summed E-state index contributed by atoms with van der Waals surface area (Å²) in [5.41, 5.74) is 5.29. The van der Waals surface area contributed by atoms with Crippen LogP contribution in [0.5, 0.6) is 0 Å². The normalized spacial score (nSPS) is 12.3. The van der Waals surface area contributed by atoms with Crippen LogP contribution in [0.15, 0.2) is 16.6 Å². The summed E-state index contributed by atoms with van der Waals surface area (Å²) in [4.78, 5) is 3.50. The van der Waals surface area contributed by atoms with Crippen LogP contribution in [0.4, 0.5) is 0 Å². The Balaban J connectivity index is 2.47. The van der Waals surface area contributed by atoms with Crippen LogP contribution in [0.3, 0.4) is 0 Å². The molecule has 0 unspecified atom stereocenters. The maximum atomic E-state index is 3.58. The average Bonchev–Trinajstić information content (AvgIpc) is 2.51. The monoisotopic (exact) mass is 308 g/mol.